The molecule has 2 amide bonds. The van der Waals surface area contributed by atoms with Crippen molar-refractivity contribution in [3.05, 3.63) is 0 Å². The Hall–Kier alpha value is -1.34. The average Bonchev–Trinajstić information content (AvgIpc) is 2.26. The van der Waals surface area contributed by atoms with E-state index in [0.29, 0.717) is 12.5 Å². The minimum absolute atomic E-state index is 0.0168. The van der Waals surface area contributed by atoms with Crippen LogP contribution in [0.4, 0.5) is 4.79 Å². The van der Waals surface area contributed by atoms with Crippen molar-refractivity contribution in [2.45, 2.75) is 31.5 Å². The first-order valence-corrected chi connectivity index (χ1v) is 5.98. The standard InChI is InChI=1S/C11H20N2O5/c1-13(6-7-4-8(14)5-7)11(18)12-3-2-9(15)10(16)17/h7-9,14-15H,2-6H2,1H3,(H,12,18)(H,16,17). The van der Waals surface area contributed by atoms with Gasteiger partial charge in [0.2, 0.25) is 0 Å². The summed E-state index contributed by atoms with van der Waals surface area (Å²) in [5.74, 6) is -0.957. The second-order valence-electron chi connectivity index (χ2n) is 4.75. The summed E-state index contributed by atoms with van der Waals surface area (Å²) >= 11 is 0. The normalized spacial score (nSPS) is 23.9. The van der Waals surface area contributed by atoms with Crippen molar-refractivity contribution in [2.24, 2.45) is 5.92 Å². The third-order valence-corrected chi connectivity index (χ3v) is 3.07. The van der Waals surface area contributed by atoms with Gasteiger partial charge in [-0.2, -0.15) is 0 Å². The molecule has 0 aromatic heterocycles. The Kier molecular flexibility index (Phi) is 5.36. The van der Waals surface area contributed by atoms with Crippen molar-refractivity contribution < 1.29 is 24.9 Å². The van der Waals surface area contributed by atoms with Gasteiger partial charge in [-0.1, -0.05) is 0 Å². The fraction of sp³-hybridized carbons (Fsp3) is 0.818. The minimum Gasteiger partial charge on any atom is -0.479 e. The predicted molar refractivity (Wildman–Crippen MR) is 63.0 cm³/mol. The van der Waals surface area contributed by atoms with E-state index >= 15 is 0 Å². The van der Waals surface area contributed by atoms with Gasteiger partial charge in [-0.25, -0.2) is 9.59 Å². The van der Waals surface area contributed by atoms with E-state index in [4.69, 9.17) is 15.3 Å². The van der Waals surface area contributed by atoms with Gasteiger partial charge >= 0.3 is 12.0 Å². The fourth-order valence-electron chi connectivity index (χ4n) is 1.89. The minimum atomic E-state index is -1.45. The van der Waals surface area contributed by atoms with Gasteiger partial charge < -0.3 is 25.5 Å². The van der Waals surface area contributed by atoms with Crippen LogP contribution >= 0.6 is 0 Å². The number of rotatable bonds is 6. The van der Waals surface area contributed by atoms with Crippen LogP contribution in [-0.4, -0.2) is 64.6 Å². The van der Waals surface area contributed by atoms with Crippen LogP contribution in [0.2, 0.25) is 0 Å². The number of carboxylic acids is 1. The molecular formula is C11H20N2O5. The van der Waals surface area contributed by atoms with Crippen molar-refractivity contribution in [3.63, 3.8) is 0 Å². The summed E-state index contributed by atoms with van der Waals surface area (Å²) in [5.41, 5.74) is 0. The van der Waals surface area contributed by atoms with Crippen LogP contribution in [0.25, 0.3) is 0 Å². The Bertz CT molecular complexity index is 304. The third-order valence-electron chi connectivity index (χ3n) is 3.07. The first-order chi connectivity index (χ1) is 8.40. The average molecular weight is 260 g/mol. The summed E-state index contributed by atoms with van der Waals surface area (Å²) in [7, 11) is 1.65. The summed E-state index contributed by atoms with van der Waals surface area (Å²) < 4.78 is 0. The summed E-state index contributed by atoms with van der Waals surface area (Å²) in [6, 6.07) is -0.297. The Morgan fingerprint density at radius 1 is 1.44 bits per heavy atom. The quantitative estimate of drug-likeness (QED) is 0.501. The molecule has 1 rings (SSSR count). The first kappa shape index (κ1) is 14.7. The van der Waals surface area contributed by atoms with Gasteiger partial charge in [0.1, 0.15) is 0 Å². The van der Waals surface area contributed by atoms with Crippen LogP contribution < -0.4 is 5.32 Å². The lowest BCUT2D eigenvalue weighted by Crippen LogP contribution is -2.44. The van der Waals surface area contributed by atoms with E-state index < -0.39 is 12.1 Å². The van der Waals surface area contributed by atoms with Crippen molar-refractivity contribution in [1.82, 2.24) is 10.2 Å². The molecular weight excluding hydrogens is 240 g/mol. The molecule has 7 heteroatoms. The maximum atomic E-state index is 11.6. The highest BCUT2D eigenvalue weighted by molar-refractivity contribution is 5.74. The highest BCUT2D eigenvalue weighted by atomic mass is 16.4. The fourth-order valence-corrected chi connectivity index (χ4v) is 1.89. The molecule has 0 saturated heterocycles. The molecule has 1 unspecified atom stereocenters. The molecule has 0 bridgehead atoms. The first-order valence-electron chi connectivity index (χ1n) is 5.98. The molecule has 1 fully saturated rings. The van der Waals surface area contributed by atoms with Crippen molar-refractivity contribution in [1.29, 1.82) is 0 Å². The number of carbonyl (C=O) groups excluding carboxylic acids is 1. The second-order valence-corrected chi connectivity index (χ2v) is 4.75. The summed E-state index contributed by atoms with van der Waals surface area (Å²) in [4.78, 5) is 23.4. The lowest BCUT2D eigenvalue weighted by atomic mass is 9.82. The predicted octanol–water partition coefficient (Wildman–Crippen LogP) is -0.766. The van der Waals surface area contributed by atoms with E-state index in [9.17, 15) is 9.59 Å². The van der Waals surface area contributed by atoms with E-state index in [-0.39, 0.29) is 25.1 Å². The smallest absolute Gasteiger partial charge is 0.332 e. The number of nitrogens with one attached hydrogen (secondary N) is 1. The Morgan fingerprint density at radius 3 is 2.56 bits per heavy atom. The molecule has 1 saturated carbocycles. The summed E-state index contributed by atoms with van der Waals surface area (Å²) in [6.45, 7) is 0.689. The number of carboxylic acid groups (broad SMARTS) is 1. The van der Waals surface area contributed by atoms with Crippen LogP contribution in [0.5, 0.6) is 0 Å². The summed E-state index contributed by atoms with van der Waals surface area (Å²) in [6.07, 6.45) is -0.267. The Morgan fingerprint density at radius 2 is 2.06 bits per heavy atom. The van der Waals surface area contributed by atoms with Crippen LogP contribution in [0, 0.1) is 5.92 Å². The van der Waals surface area contributed by atoms with Gasteiger partial charge in [-0.15, -0.1) is 0 Å². The summed E-state index contributed by atoms with van der Waals surface area (Å²) in [5, 5.41) is 29.1. The monoisotopic (exact) mass is 260 g/mol. The zero-order valence-electron chi connectivity index (χ0n) is 10.4. The number of hydrogen-bond acceptors (Lipinski definition) is 4. The van der Waals surface area contributed by atoms with Gasteiger partial charge in [-0.05, 0) is 18.8 Å². The topological polar surface area (TPSA) is 110 Å². The van der Waals surface area contributed by atoms with Crippen LogP contribution in [0.3, 0.4) is 0 Å². The van der Waals surface area contributed by atoms with Crippen LogP contribution in [0.1, 0.15) is 19.3 Å². The number of urea groups is 1. The molecule has 1 aliphatic rings. The zero-order valence-corrected chi connectivity index (χ0v) is 10.4. The van der Waals surface area contributed by atoms with Crippen LogP contribution in [0.15, 0.2) is 0 Å². The molecule has 0 aliphatic heterocycles. The van der Waals surface area contributed by atoms with Crippen molar-refractivity contribution >= 4 is 12.0 Å². The molecule has 1 aliphatic carbocycles. The van der Waals surface area contributed by atoms with Gasteiger partial charge in [0.05, 0.1) is 6.10 Å². The molecule has 4 N–H and O–H groups in total. The van der Waals surface area contributed by atoms with Crippen LogP contribution in [-0.2, 0) is 4.79 Å². The highest BCUT2D eigenvalue weighted by Crippen LogP contribution is 2.27. The number of aliphatic hydroxyl groups excluding tert-OH is 2. The number of hydrogen-bond donors (Lipinski definition) is 4. The number of aliphatic carboxylic acids is 1. The van der Waals surface area contributed by atoms with E-state index in [2.05, 4.69) is 5.32 Å². The number of amides is 2. The third kappa shape index (κ3) is 4.50. The molecule has 0 aromatic carbocycles. The lowest BCUT2D eigenvalue weighted by Gasteiger charge is -2.34. The Balaban J connectivity index is 2.14. The molecule has 0 aromatic rings. The zero-order chi connectivity index (χ0) is 13.7. The molecule has 0 heterocycles. The van der Waals surface area contributed by atoms with Gasteiger partial charge in [0.15, 0.2) is 6.10 Å². The molecule has 0 spiro atoms. The molecule has 1 atom stereocenters. The molecule has 0 radical (unpaired) electrons. The second kappa shape index (κ2) is 6.55. The highest BCUT2D eigenvalue weighted by Gasteiger charge is 2.29. The maximum absolute atomic E-state index is 11.6. The van der Waals surface area contributed by atoms with Gasteiger partial charge in [-0.3, -0.25) is 0 Å². The molecule has 104 valence electrons. The van der Waals surface area contributed by atoms with Gasteiger partial charge in [0, 0.05) is 26.6 Å². The largest absolute Gasteiger partial charge is 0.479 e. The lowest BCUT2D eigenvalue weighted by molar-refractivity contribution is -0.146. The number of aliphatic hydroxyl groups is 2. The van der Waals surface area contributed by atoms with E-state index in [0.717, 1.165) is 12.8 Å². The molecule has 7 nitrogen and oxygen atoms in total. The van der Waals surface area contributed by atoms with Crippen molar-refractivity contribution in [3.8, 4) is 0 Å². The Labute approximate surface area is 105 Å². The maximum Gasteiger partial charge on any atom is 0.332 e. The van der Waals surface area contributed by atoms with E-state index in [1.165, 1.54) is 4.90 Å². The number of carbonyl (C=O) groups is 2. The molecule has 18 heavy (non-hydrogen) atoms. The van der Waals surface area contributed by atoms with Gasteiger partial charge in [0.25, 0.3) is 0 Å². The van der Waals surface area contributed by atoms with E-state index in [1.54, 1.807) is 7.05 Å². The SMILES string of the molecule is CN(CC1CC(O)C1)C(=O)NCCC(O)C(=O)O. The van der Waals surface area contributed by atoms with Crippen molar-refractivity contribution in [2.75, 3.05) is 20.1 Å². The van der Waals surface area contributed by atoms with E-state index in [1.807, 2.05) is 0 Å². The number of nitrogens with zero attached hydrogens (tertiary/aromatic N) is 1.